The first-order valence-corrected chi connectivity index (χ1v) is 10.1. The highest BCUT2D eigenvalue weighted by Crippen LogP contribution is 2.19. The van der Waals surface area contributed by atoms with Gasteiger partial charge in [-0.1, -0.05) is 18.2 Å². The number of amides is 1. The summed E-state index contributed by atoms with van der Waals surface area (Å²) in [7, 11) is 0. The number of pyridine rings is 1. The van der Waals surface area contributed by atoms with E-state index in [1.165, 1.54) is 0 Å². The molecule has 0 aliphatic carbocycles. The minimum Gasteiger partial charge on any atom is -0.370 e. The van der Waals surface area contributed by atoms with Crippen LogP contribution in [0.25, 0.3) is 10.9 Å². The highest BCUT2D eigenvalue weighted by molar-refractivity contribution is 5.81. The van der Waals surface area contributed by atoms with Gasteiger partial charge < -0.3 is 21.3 Å². The number of carbonyl (C=O) groups is 1. The summed E-state index contributed by atoms with van der Waals surface area (Å²) >= 11 is 0. The molecule has 7 heteroatoms. The maximum Gasteiger partial charge on any atom is 0.217 e. The maximum atomic E-state index is 11.2. The highest BCUT2D eigenvalue weighted by atomic mass is 16.1. The number of anilines is 1. The Morgan fingerprint density at radius 1 is 1.32 bits per heavy atom. The largest absolute Gasteiger partial charge is 0.370 e. The summed E-state index contributed by atoms with van der Waals surface area (Å²) in [6, 6.07) is 12.2. The number of piperidine rings is 1. The SMILES string of the molecule is CCNC(=NCCNc1ccc2ccccc2n1)N1CCCC(CC(N)=O)C1. The predicted octanol–water partition coefficient (Wildman–Crippen LogP) is 2.20. The molecule has 1 atom stereocenters. The molecule has 0 spiro atoms. The lowest BCUT2D eigenvalue weighted by atomic mass is 9.95. The summed E-state index contributed by atoms with van der Waals surface area (Å²) in [6.07, 6.45) is 2.56. The fourth-order valence-electron chi connectivity index (χ4n) is 3.64. The van der Waals surface area contributed by atoms with Crippen LogP contribution in [0.4, 0.5) is 5.82 Å². The molecule has 2 aromatic rings. The Hall–Kier alpha value is -2.83. The molecule has 0 radical (unpaired) electrons. The van der Waals surface area contributed by atoms with Crippen molar-refractivity contribution in [2.75, 3.05) is 38.0 Å². The van der Waals surface area contributed by atoms with Gasteiger partial charge in [-0.3, -0.25) is 9.79 Å². The third-order valence-corrected chi connectivity index (χ3v) is 4.92. The molecule has 3 rings (SSSR count). The van der Waals surface area contributed by atoms with E-state index < -0.39 is 0 Å². The van der Waals surface area contributed by atoms with Crippen molar-refractivity contribution in [1.29, 1.82) is 0 Å². The summed E-state index contributed by atoms with van der Waals surface area (Å²) < 4.78 is 0. The zero-order valence-electron chi connectivity index (χ0n) is 16.5. The molecule has 1 aromatic heterocycles. The summed E-state index contributed by atoms with van der Waals surface area (Å²) in [6.45, 7) is 6.02. The minimum atomic E-state index is -0.221. The number of rotatable bonds is 7. The van der Waals surface area contributed by atoms with Crippen LogP contribution in [0.5, 0.6) is 0 Å². The first-order valence-electron chi connectivity index (χ1n) is 10.1. The lowest BCUT2D eigenvalue weighted by Crippen LogP contribution is -2.47. The van der Waals surface area contributed by atoms with Crippen molar-refractivity contribution < 1.29 is 4.79 Å². The Bertz CT molecular complexity index is 821. The average molecular weight is 383 g/mol. The fraction of sp³-hybridized carbons (Fsp3) is 0.476. The number of aromatic nitrogens is 1. The van der Waals surface area contributed by atoms with Crippen molar-refractivity contribution in [2.24, 2.45) is 16.6 Å². The number of guanidine groups is 1. The van der Waals surface area contributed by atoms with Crippen molar-refractivity contribution in [1.82, 2.24) is 15.2 Å². The van der Waals surface area contributed by atoms with Crippen LogP contribution in [-0.4, -0.2) is 54.5 Å². The molecular formula is C21H30N6O. The summed E-state index contributed by atoms with van der Waals surface area (Å²) in [5, 5.41) is 7.85. The van der Waals surface area contributed by atoms with E-state index in [9.17, 15) is 4.79 Å². The number of nitrogens with zero attached hydrogens (tertiary/aromatic N) is 3. The van der Waals surface area contributed by atoms with Gasteiger partial charge in [0.1, 0.15) is 5.82 Å². The third kappa shape index (κ3) is 5.58. The lowest BCUT2D eigenvalue weighted by molar-refractivity contribution is -0.119. The Labute approximate surface area is 166 Å². The van der Waals surface area contributed by atoms with Gasteiger partial charge in [0.2, 0.25) is 5.91 Å². The van der Waals surface area contributed by atoms with Gasteiger partial charge in [0, 0.05) is 38.0 Å². The number of hydrogen-bond acceptors (Lipinski definition) is 4. The maximum absolute atomic E-state index is 11.2. The number of fused-ring (bicyclic) bond motifs is 1. The van der Waals surface area contributed by atoms with Crippen molar-refractivity contribution in [2.45, 2.75) is 26.2 Å². The Kier molecular flexibility index (Phi) is 7.06. The molecule has 1 saturated heterocycles. The van der Waals surface area contributed by atoms with Gasteiger partial charge in [0.25, 0.3) is 0 Å². The van der Waals surface area contributed by atoms with E-state index in [2.05, 4.69) is 39.6 Å². The van der Waals surface area contributed by atoms with Crippen LogP contribution in [0.2, 0.25) is 0 Å². The molecule has 4 N–H and O–H groups in total. The predicted molar refractivity (Wildman–Crippen MR) is 114 cm³/mol. The molecule has 1 fully saturated rings. The van der Waals surface area contributed by atoms with Crippen LogP contribution in [0.15, 0.2) is 41.4 Å². The van der Waals surface area contributed by atoms with Crippen molar-refractivity contribution in [3.63, 3.8) is 0 Å². The second-order valence-electron chi connectivity index (χ2n) is 7.18. The van der Waals surface area contributed by atoms with Gasteiger partial charge in [-0.2, -0.15) is 0 Å². The molecule has 1 amide bonds. The number of primary amides is 1. The van der Waals surface area contributed by atoms with Gasteiger partial charge in [0.15, 0.2) is 5.96 Å². The summed E-state index contributed by atoms with van der Waals surface area (Å²) in [5.74, 6) is 1.86. The van der Waals surface area contributed by atoms with E-state index >= 15 is 0 Å². The molecule has 1 unspecified atom stereocenters. The quantitative estimate of drug-likeness (QED) is 0.388. The molecular weight excluding hydrogens is 352 g/mol. The molecule has 2 heterocycles. The molecule has 150 valence electrons. The third-order valence-electron chi connectivity index (χ3n) is 4.92. The first-order chi connectivity index (χ1) is 13.7. The van der Waals surface area contributed by atoms with Crippen LogP contribution in [-0.2, 0) is 4.79 Å². The zero-order chi connectivity index (χ0) is 19.8. The van der Waals surface area contributed by atoms with E-state index in [1.807, 2.05) is 24.3 Å². The Balaban J connectivity index is 1.55. The van der Waals surface area contributed by atoms with Gasteiger partial charge in [0.05, 0.1) is 12.1 Å². The van der Waals surface area contributed by atoms with Crippen LogP contribution in [0, 0.1) is 5.92 Å². The topological polar surface area (TPSA) is 95.6 Å². The Morgan fingerprint density at radius 2 is 2.18 bits per heavy atom. The zero-order valence-corrected chi connectivity index (χ0v) is 16.5. The molecule has 1 aliphatic rings. The van der Waals surface area contributed by atoms with Crippen molar-refractivity contribution >= 4 is 28.6 Å². The second kappa shape index (κ2) is 9.92. The number of para-hydroxylation sites is 1. The average Bonchev–Trinajstić information content (AvgIpc) is 2.70. The van der Waals surface area contributed by atoms with Gasteiger partial charge in [-0.05, 0) is 43.9 Å². The number of likely N-dealkylation sites (tertiary alicyclic amines) is 1. The van der Waals surface area contributed by atoms with E-state index in [1.54, 1.807) is 0 Å². The number of nitrogens with two attached hydrogens (primary N) is 1. The van der Waals surface area contributed by atoms with E-state index in [0.29, 0.717) is 25.4 Å². The number of aliphatic imine (C=N–C) groups is 1. The monoisotopic (exact) mass is 382 g/mol. The fourth-order valence-corrected chi connectivity index (χ4v) is 3.64. The van der Waals surface area contributed by atoms with Crippen molar-refractivity contribution in [3.05, 3.63) is 36.4 Å². The van der Waals surface area contributed by atoms with Gasteiger partial charge >= 0.3 is 0 Å². The number of hydrogen-bond donors (Lipinski definition) is 3. The van der Waals surface area contributed by atoms with E-state index in [4.69, 9.17) is 10.7 Å². The lowest BCUT2D eigenvalue weighted by Gasteiger charge is -2.34. The standard InChI is InChI=1S/C21H30N6O/c1-2-23-21(27-13-5-6-16(15-27)14-19(22)28)25-12-11-24-20-10-9-17-7-3-4-8-18(17)26-20/h3-4,7-10,16H,2,5-6,11-15H2,1H3,(H2,22,28)(H,23,25)(H,24,26). The van der Waals surface area contributed by atoms with Crippen LogP contribution in [0.3, 0.4) is 0 Å². The highest BCUT2D eigenvalue weighted by Gasteiger charge is 2.23. The molecule has 0 bridgehead atoms. The number of carbonyl (C=O) groups excluding carboxylic acids is 1. The normalized spacial score (nSPS) is 17.5. The van der Waals surface area contributed by atoms with Crippen LogP contribution >= 0.6 is 0 Å². The van der Waals surface area contributed by atoms with Crippen LogP contribution in [0.1, 0.15) is 26.2 Å². The second-order valence-corrected chi connectivity index (χ2v) is 7.18. The Morgan fingerprint density at radius 3 is 3.00 bits per heavy atom. The molecule has 1 aromatic carbocycles. The molecule has 28 heavy (non-hydrogen) atoms. The molecule has 0 saturated carbocycles. The van der Waals surface area contributed by atoms with E-state index in [-0.39, 0.29) is 5.91 Å². The summed E-state index contributed by atoms with van der Waals surface area (Å²) in [4.78, 5) is 22.9. The first kappa shape index (κ1) is 19.9. The number of nitrogens with one attached hydrogen (secondary N) is 2. The smallest absolute Gasteiger partial charge is 0.217 e. The summed E-state index contributed by atoms with van der Waals surface area (Å²) in [5.41, 5.74) is 6.36. The minimum absolute atomic E-state index is 0.221. The van der Waals surface area contributed by atoms with Gasteiger partial charge in [-0.15, -0.1) is 0 Å². The molecule has 1 aliphatic heterocycles. The number of benzene rings is 1. The van der Waals surface area contributed by atoms with E-state index in [0.717, 1.165) is 55.2 Å². The van der Waals surface area contributed by atoms with Crippen molar-refractivity contribution in [3.8, 4) is 0 Å². The van der Waals surface area contributed by atoms with Gasteiger partial charge in [-0.25, -0.2) is 4.98 Å². The molecule has 7 nitrogen and oxygen atoms in total. The van der Waals surface area contributed by atoms with Crippen LogP contribution < -0.4 is 16.4 Å².